The van der Waals surface area contributed by atoms with Crippen LogP contribution < -0.4 is 14.8 Å². The van der Waals surface area contributed by atoms with E-state index in [4.69, 9.17) is 14.2 Å². The summed E-state index contributed by atoms with van der Waals surface area (Å²) in [6.07, 6.45) is 5.77. The molecule has 1 N–H and O–H groups in total. The first kappa shape index (κ1) is 22.6. The number of rotatable bonds is 9. The zero-order valence-corrected chi connectivity index (χ0v) is 18.4. The van der Waals surface area contributed by atoms with Crippen molar-refractivity contribution in [2.45, 2.75) is 44.9 Å². The Balaban J connectivity index is 1.38. The second-order valence-electron chi connectivity index (χ2n) is 7.22. The van der Waals surface area contributed by atoms with E-state index < -0.39 is 11.9 Å². The highest BCUT2D eigenvalue weighted by Crippen LogP contribution is 2.36. The molecule has 2 aromatic rings. The van der Waals surface area contributed by atoms with Crippen molar-refractivity contribution < 1.29 is 23.8 Å². The fourth-order valence-corrected chi connectivity index (χ4v) is 4.66. The van der Waals surface area contributed by atoms with Crippen molar-refractivity contribution in [3.05, 3.63) is 40.3 Å². The molecule has 31 heavy (non-hydrogen) atoms. The normalized spacial score (nSPS) is 12.8. The van der Waals surface area contributed by atoms with Crippen LogP contribution in [-0.4, -0.2) is 32.2 Å². The quantitative estimate of drug-likeness (QED) is 0.354. The number of fused-ring (bicyclic) bond motifs is 1. The maximum Gasteiger partial charge on any atom is 0.306 e. The number of carbonyl (C=O) groups is 2. The Labute approximate surface area is 185 Å². The van der Waals surface area contributed by atoms with Crippen LogP contribution in [0.1, 0.15) is 48.1 Å². The first-order valence-electron chi connectivity index (χ1n) is 10.4. The zero-order chi connectivity index (χ0) is 22.1. The van der Waals surface area contributed by atoms with Crippen molar-refractivity contribution in [3.8, 4) is 17.6 Å². The van der Waals surface area contributed by atoms with Gasteiger partial charge < -0.3 is 19.5 Å². The first-order chi connectivity index (χ1) is 15.1. The summed E-state index contributed by atoms with van der Waals surface area (Å²) >= 11 is 1.46. The zero-order valence-electron chi connectivity index (χ0n) is 17.6. The van der Waals surface area contributed by atoms with Crippen molar-refractivity contribution in [1.82, 2.24) is 0 Å². The smallest absolute Gasteiger partial charge is 0.306 e. The van der Waals surface area contributed by atoms with Crippen molar-refractivity contribution in [3.63, 3.8) is 0 Å². The minimum absolute atomic E-state index is 0.153. The highest BCUT2D eigenvalue weighted by Gasteiger charge is 2.21. The summed E-state index contributed by atoms with van der Waals surface area (Å²) in [5.41, 5.74) is 1.62. The molecule has 0 fully saturated rings. The minimum Gasteiger partial charge on any atom is -0.497 e. The van der Waals surface area contributed by atoms with Crippen LogP contribution in [0.5, 0.6) is 11.5 Å². The molecule has 0 bridgehead atoms. The predicted molar refractivity (Wildman–Crippen MR) is 118 cm³/mol. The van der Waals surface area contributed by atoms with Gasteiger partial charge >= 0.3 is 5.97 Å². The number of amides is 1. The topological polar surface area (TPSA) is 97.7 Å². The Morgan fingerprint density at radius 3 is 2.61 bits per heavy atom. The highest BCUT2D eigenvalue weighted by atomic mass is 32.1. The molecule has 1 heterocycles. The van der Waals surface area contributed by atoms with Crippen LogP contribution in [-0.2, 0) is 27.2 Å². The van der Waals surface area contributed by atoms with Gasteiger partial charge in [-0.25, -0.2) is 0 Å². The lowest BCUT2D eigenvalue weighted by Gasteiger charge is -2.08. The summed E-state index contributed by atoms with van der Waals surface area (Å²) in [5, 5.41) is 12.8. The van der Waals surface area contributed by atoms with Crippen molar-refractivity contribution >= 4 is 28.2 Å². The molecule has 0 aliphatic heterocycles. The van der Waals surface area contributed by atoms with Crippen LogP contribution >= 0.6 is 11.3 Å². The number of anilines is 1. The summed E-state index contributed by atoms with van der Waals surface area (Å²) in [7, 11) is 1.60. The van der Waals surface area contributed by atoms with Crippen LogP contribution in [0.15, 0.2) is 24.3 Å². The molecule has 3 rings (SSSR count). The number of nitrogens with zero attached hydrogens (tertiary/aromatic N) is 1. The van der Waals surface area contributed by atoms with Crippen molar-refractivity contribution in [2.75, 3.05) is 25.6 Å². The van der Waals surface area contributed by atoms with Crippen molar-refractivity contribution in [2.24, 2.45) is 0 Å². The minimum atomic E-state index is -0.462. The number of nitrogens with one attached hydrogen (secondary N) is 1. The molecule has 0 radical (unpaired) electrons. The van der Waals surface area contributed by atoms with E-state index in [-0.39, 0.29) is 13.0 Å². The van der Waals surface area contributed by atoms with Gasteiger partial charge in [0.15, 0.2) is 6.61 Å². The van der Waals surface area contributed by atoms with Gasteiger partial charge in [0.1, 0.15) is 22.6 Å². The average molecular weight is 443 g/mol. The van der Waals surface area contributed by atoms with Gasteiger partial charge in [-0.3, -0.25) is 9.59 Å². The maximum absolute atomic E-state index is 12.2. The molecular weight excluding hydrogens is 416 g/mol. The number of esters is 1. The SMILES string of the molecule is COc1ccc(OCCCC(=O)OCC(=O)Nc2sc3c(c2C#N)CCCCC3)cc1. The second kappa shape index (κ2) is 11.4. The van der Waals surface area contributed by atoms with E-state index in [9.17, 15) is 14.9 Å². The van der Waals surface area contributed by atoms with Gasteiger partial charge in [-0.2, -0.15) is 5.26 Å². The van der Waals surface area contributed by atoms with E-state index in [0.717, 1.165) is 43.4 Å². The summed E-state index contributed by atoms with van der Waals surface area (Å²) < 4.78 is 15.7. The number of methoxy groups -OCH3 is 1. The molecule has 0 atom stereocenters. The lowest BCUT2D eigenvalue weighted by atomic mass is 10.1. The van der Waals surface area contributed by atoms with Gasteiger partial charge in [0, 0.05) is 11.3 Å². The molecule has 8 heteroatoms. The molecule has 7 nitrogen and oxygen atoms in total. The third-order valence-corrected chi connectivity index (χ3v) is 6.21. The molecule has 0 unspecified atom stereocenters. The molecule has 0 saturated carbocycles. The monoisotopic (exact) mass is 442 g/mol. The largest absolute Gasteiger partial charge is 0.497 e. The van der Waals surface area contributed by atoms with E-state index in [1.807, 2.05) is 0 Å². The van der Waals surface area contributed by atoms with Gasteiger partial charge in [0.05, 0.1) is 19.3 Å². The van der Waals surface area contributed by atoms with Gasteiger partial charge in [-0.15, -0.1) is 11.3 Å². The molecule has 1 aromatic heterocycles. The predicted octanol–water partition coefficient (Wildman–Crippen LogP) is 4.24. The van der Waals surface area contributed by atoms with Crippen LogP contribution in [0.3, 0.4) is 0 Å². The third kappa shape index (κ3) is 6.46. The van der Waals surface area contributed by atoms with Gasteiger partial charge in [0.2, 0.25) is 0 Å². The molecule has 164 valence electrons. The molecule has 1 aromatic carbocycles. The summed E-state index contributed by atoms with van der Waals surface area (Å²) in [6, 6.07) is 9.40. The Bertz CT molecular complexity index is 946. The first-order valence-corrected chi connectivity index (χ1v) is 11.2. The Morgan fingerprint density at radius 2 is 1.87 bits per heavy atom. The summed E-state index contributed by atoms with van der Waals surface area (Å²) in [5.74, 6) is 0.539. The number of hydrogen-bond acceptors (Lipinski definition) is 7. The lowest BCUT2D eigenvalue weighted by Crippen LogP contribution is -2.21. The Kier molecular flexibility index (Phi) is 8.30. The number of hydrogen-bond donors (Lipinski definition) is 1. The number of aryl methyl sites for hydroxylation is 1. The molecule has 1 aliphatic carbocycles. The van der Waals surface area contributed by atoms with Crippen LogP contribution in [0.25, 0.3) is 0 Å². The second-order valence-corrected chi connectivity index (χ2v) is 8.32. The summed E-state index contributed by atoms with van der Waals surface area (Å²) in [6.45, 7) is -0.00842. The Hall–Kier alpha value is -3.05. The van der Waals surface area contributed by atoms with Gasteiger partial charge in [-0.05, 0) is 61.9 Å². The van der Waals surface area contributed by atoms with Crippen LogP contribution in [0.2, 0.25) is 0 Å². The number of nitriles is 1. The number of ether oxygens (including phenoxy) is 3. The number of thiophene rings is 1. The molecule has 1 amide bonds. The fraction of sp³-hybridized carbons (Fsp3) is 0.435. The molecule has 0 saturated heterocycles. The van der Waals surface area contributed by atoms with Gasteiger partial charge in [0.25, 0.3) is 5.91 Å². The van der Waals surface area contributed by atoms with E-state index in [0.29, 0.717) is 29.3 Å². The molecular formula is C23H26N2O5S. The Morgan fingerprint density at radius 1 is 1.13 bits per heavy atom. The van der Waals surface area contributed by atoms with E-state index >= 15 is 0 Å². The third-order valence-electron chi connectivity index (χ3n) is 5.00. The van der Waals surface area contributed by atoms with Crippen LogP contribution in [0.4, 0.5) is 5.00 Å². The highest BCUT2D eigenvalue weighted by molar-refractivity contribution is 7.16. The van der Waals surface area contributed by atoms with E-state index in [1.54, 1.807) is 31.4 Å². The van der Waals surface area contributed by atoms with Crippen molar-refractivity contribution in [1.29, 1.82) is 5.26 Å². The van der Waals surface area contributed by atoms with E-state index in [2.05, 4.69) is 11.4 Å². The molecule has 0 spiro atoms. The van der Waals surface area contributed by atoms with Crippen LogP contribution in [0, 0.1) is 11.3 Å². The standard InChI is InChI=1S/C23H26N2O5S/c1-28-16-9-11-17(12-10-16)29-13-5-8-22(27)30-15-21(26)25-23-19(14-24)18-6-3-2-4-7-20(18)31-23/h9-12H,2-8,13,15H2,1H3,(H,25,26). The number of benzene rings is 1. The average Bonchev–Trinajstić information content (AvgIpc) is 2.94. The number of carbonyl (C=O) groups excluding carboxylic acids is 2. The maximum atomic E-state index is 12.2. The van der Waals surface area contributed by atoms with E-state index in [1.165, 1.54) is 16.2 Å². The molecule has 1 aliphatic rings. The lowest BCUT2D eigenvalue weighted by molar-refractivity contribution is -0.147. The summed E-state index contributed by atoms with van der Waals surface area (Å²) in [4.78, 5) is 25.3. The van der Waals surface area contributed by atoms with Gasteiger partial charge in [-0.1, -0.05) is 6.42 Å². The fourth-order valence-electron chi connectivity index (χ4n) is 3.41.